The molecule has 4 heteroatoms. The van der Waals surface area contributed by atoms with Crippen molar-refractivity contribution in [2.45, 2.75) is 38.4 Å². The molecule has 16 heavy (non-hydrogen) atoms. The summed E-state index contributed by atoms with van der Waals surface area (Å²) in [7, 11) is 1.95. The van der Waals surface area contributed by atoms with Gasteiger partial charge < -0.3 is 10.1 Å². The van der Waals surface area contributed by atoms with Gasteiger partial charge in [-0.3, -0.25) is 4.68 Å². The average molecular weight is 223 g/mol. The number of ether oxygens (including phenoxy) is 1. The predicted octanol–water partition coefficient (Wildman–Crippen LogP) is 1.12. The van der Waals surface area contributed by atoms with Gasteiger partial charge in [-0.1, -0.05) is 0 Å². The van der Waals surface area contributed by atoms with E-state index in [0.717, 1.165) is 19.5 Å². The van der Waals surface area contributed by atoms with Crippen LogP contribution in [0.2, 0.25) is 0 Å². The summed E-state index contributed by atoms with van der Waals surface area (Å²) in [5.41, 5.74) is 1.29. The zero-order valence-electron chi connectivity index (χ0n) is 10.1. The standard InChI is InChI=1S/C12H21N3O/c1-10-3-4-12(16-10)8-13-6-5-11-7-14-15(2)9-11/h7,9-10,12-13H,3-6,8H2,1-2H3. The van der Waals surface area contributed by atoms with Crippen LogP contribution in [0, 0.1) is 0 Å². The lowest BCUT2D eigenvalue weighted by atomic mass is 10.2. The lowest BCUT2D eigenvalue weighted by molar-refractivity contribution is 0.0562. The van der Waals surface area contributed by atoms with Gasteiger partial charge >= 0.3 is 0 Å². The van der Waals surface area contributed by atoms with E-state index in [0.29, 0.717) is 12.2 Å². The zero-order chi connectivity index (χ0) is 11.4. The highest BCUT2D eigenvalue weighted by Crippen LogP contribution is 2.17. The van der Waals surface area contributed by atoms with Gasteiger partial charge in [-0.15, -0.1) is 0 Å². The number of aromatic nitrogens is 2. The number of aryl methyl sites for hydroxylation is 1. The molecule has 0 amide bonds. The zero-order valence-corrected chi connectivity index (χ0v) is 10.1. The Morgan fingerprint density at radius 1 is 1.56 bits per heavy atom. The van der Waals surface area contributed by atoms with E-state index in [1.54, 1.807) is 0 Å². The Labute approximate surface area is 97.0 Å². The molecular formula is C12H21N3O. The average Bonchev–Trinajstić information content (AvgIpc) is 2.83. The topological polar surface area (TPSA) is 39.1 Å². The lowest BCUT2D eigenvalue weighted by Gasteiger charge is -2.11. The Morgan fingerprint density at radius 3 is 3.06 bits per heavy atom. The maximum absolute atomic E-state index is 5.74. The van der Waals surface area contributed by atoms with E-state index >= 15 is 0 Å². The quantitative estimate of drug-likeness (QED) is 0.760. The normalized spacial score (nSPS) is 25.1. The van der Waals surface area contributed by atoms with Crippen LogP contribution in [0.1, 0.15) is 25.3 Å². The molecule has 2 rings (SSSR count). The third-order valence-electron chi connectivity index (χ3n) is 3.04. The van der Waals surface area contributed by atoms with Gasteiger partial charge in [0.05, 0.1) is 18.4 Å². The molecular weight excluding hydrogens is 202 g/mol. The van der Waals surface area contributed by atoms with E-state index in [2.05, 4.69) is 23.5 Å². The second-order valence-electron chi connectivity index (χ2n) is 4.62. The minimum atomic E-state index is 0.420. The van der Waals surface area contributed by atoms with Crippen molar-refractivity contribution in [1.29, 1.82) is 0 Å². The maximum Gasteiger partial charge on any atom is 0.0704 e. The highest BCUT2D eigenvalue weighted by Gasteiger charge is 2.20. The molecule has 1 saturated heterocycles. The van der Waals surface area contributed by atoms with E-state index in [1.807, 2.05) is 17.9 Å². The van der Waals surface area contributed by atoms with Crippen LogP contribution in [0.25, 0.3) is 0 Å². The Morgan fingerprint density at radius 2 is 2.44 bits per heavy atom. The van der Waals surface area contributed by atoms with Crippen LogP contribution in [-0.2, 0) is 18.2 Å². The third kappa shape index (κ3) is 3.32. The first-order valence-corrected chi connectivity index (χ1v) is 6.08. The van der Waals surface area contributed by atoms with Crippen LogP contribution in [0.15, 0.2) is 12.4 Å². The molecule has 90 valence electrons. The van der Waals surface area contributed by atoms with Gasteiger partial charge in [0.1, 0.15) is 0 Å². The van der Waals surface area contributed by atoms with E-state index in [1.165, 1.54) is 18.4 Å². The molecule has 1 N–H and O–H groups in total. The predicted molar refractivity (Wildman–Crippen MR) is 63.4 cm³/mol. The van der Waals surface area contributed by atoms with Crippen LogP contribution >= 0.6 is 0 Å². The molecule has 0 saturated carbocycles. The summed E-state index contributed by atoms with van der Waals surface area (Å²) < 4.78 is 7.58. The molecule has 2 unspecified atom stereocenters. The van der Waals surface area contributed by atoms with Crippen LogP contribution in [0.5, 0.6) is 0 Å². The summed E-state index contributed by atoms with van der Waals surface area (Å²) in [5.74, 6) is 0. The summed E-state index contributed by atoms with van der Waals surface area (Å²) in [6, 6.07) is 0. The smallest absolute Gasteiger partial charge is 0.0704 e. The van der Waals surface area contributed by atoms with Crippen molar-refractivity contribution in [3.05, 3.63) is 18.0 Å². The monoisotopic (exact) mass is 223 g/mol. The number of nitrogens with zero attached hydrogens (tertiary/aromatic N) is 2. The second-order valence-corrected chi connectivity index (χ2v) is 4.62. The Hall–Kier alpha value is -0.870. The largest absolute Gasteiger partial charge is 0.374 e. The van der Waals surface area contributed by atoms with Crippen molar-refractivity contribution >= 4 is 0 Å². The summed E-state index contributed by atoms with van der Waals surface area (Å²) in [4.78, 5) is 0. The number of hydrogen-bond donors (Lipinski definition) is 1. The molecule has 1 fully saturated rings. The highest BCUT2D eigenvalue weighted by molar-refractivity contribution is 5.03. The molecule has 1 aromatic rings. The molecule has 0 spiro atoms. The molecule has 0 aromatic carbocycles. The fourth-order valence-corrected chi connectivity index (χ4v) is 2.13. The number of rotatable bonds is 5. The van der Waals surface area contributed by atoms with Gasteiger partial charge in [0.25, 0.3) is 0 Å². The second kappa shape index (κ2) is 5.46. The molecule has 0 aliphatic carbocycles. The molecule has 1 aliphatic heterocycles. The van der Waals surface area contributed by atoms with Gasteiger partial charge in [-0.2, -0.15) is 5.10 Å². The highest BCUT2D eigenvalue weighted by atomic mass is 16.5. The first-order valence-electron chi connectivity index (χ1n) is 6.08. The summed E-state index contributed by atoms with van der Waals surface area (Å²) in [5, 5.41) is 7.59. The Kier molecular flexibility index (Phi) is 3.96. The molecule has 2 atom stereocenters. The van der Waals surface area contributed by atoms with Crippen molar-refractivity contribution in [3.8, 4) is 0 Å². The van der Waals surface area contributed by atoms with Gasteiger partial charge in [0, 0.05) is 19.8 Å². The molecule has 4 nitrogen and oxygen atoms in total. The van der Waals surface area contributed by atoms with Gasteiger partial charge in [0.2, 0.25) is 0 Å². The molecule has 0 bridgehead atoms. The van der Waals surface area contributed by atoms with Crippen molar-refractivity contribution in [1.82, 2.24) is 15.1 Å². The van der Waals surface area contributed by atoms with Crippen molar-refractivity contribution in [3.63, 3.8) is 0 Å². The molecule has 2 heterocycles. The first kappa shape index (κ1) is 11.6. The Balaban J connectivity index is 1.58. The van der Waals surface area contributed by atoms with Crippen LogP contribution in [-0.4, -0.2) is 35.1 Å². The summed E-state index contributed by atoms with van der Waals surface area (Å²) in [6.07, 6.45) is 8.30. The summed E-state index contributed by atoms with van der Waals surface area (Å²) >= 11 is 0. The van der Waals surface area contributed by atoms with Crippen LogP contribution in [0.4, 0.5) is 0 Å². The Bertz CT molecular complexity index is 324. The SMILES string of the molecule is CC1CCC(CNCCc2cnn(C)c2)O1. The van der Waals surface area contributed by atoms with Gasteiger partial charge in [-0.05, 0) is 38.3 Å². The van der Waals surface area contributed by atoms with Gasteiger partial charge in [0.15, 0.2) is 0 Å². The van der Waals surface area contributed by atoms with E-state index in [4.69, 9.17) is 4.74 Å². The number of hydrogen-bond acceptors (Lipinski definition) is 3. The lowest BCUT2D eigenvalue weighted by Crippen LogP contribution is -2.28. The third-order valence-corrected chi connectivity index (χ3v) is 3.04. The van der Waals surface area contributed by atoms with E-state index in [-0.39, 0.29) is 0 Å². The van der Waals surface area contributed by atoms with Crippen molar-refractivity contribution in [2.24, 2.45) is 7.05 Å². The molecule has 0 radical (unpaired) electrons. The van der Waals surface area contributed by atoms with Crippen molar-refractivity contribution < 1.29 is 4.74 Å². The first-order chi connectivity index (χ1) is 7.74. The van der Waals surface area contributed by atoms with E-state index < -0.39 is 0 Å². The van der Waals surface area contributed by atoms with Crippen LogP contribution < -0.4 is 5.32 Å². The molecule has 1 aliphatic rings. The maximum atomic E-state index is 5.74. The number of nitrogens with one attached hydrogen (secondary N) is 1. The van der Waals surface area contributed by atoms with Gasteiger partial charge in [-0.25, -0.2) is 0 Å². The summed E-state index contributed by atoms with van der Waals surface area (Å²) in [6.45, 7) is 4.13. The van der Waals surface area contributed by atoms with Crippen LogP contribution in [0.3, 0.4) is 0 Å². The fraction of sp³-hybridized carbons (Fsp3) is 0.750. The van der Waals surface area contributed by atoms with E-state index in [9.17, 15) is 0 Å². The minimum Gasteiger partial charge on any atom is -0.374 e. The minimum absolute atomic E-state index is 0.420. The molecule has 1 aromatic heterocycles. The van der Waals surface area contributed by atoms with Crippen molar-refractivity contribution in [2.75, 3.05) is 13.1 Å². The fourth-order valence-electron chi connectivity index (χ4n) is 2.13.